The van der Waals surface area contributed by atoms with Gasteiger partial charge in [0.25, 0.3) is 0 Å². The van der Waals surface area contributed by atoms with Gasteiger partial charge in [-0.1, -0.05) is 41.2 Å². The van der Waals surface area contributed by atoms with Crippen molar-refractivity contribution in [2.75, 3.05) is 0 Å². The van der Waals surface area contributed by atoms with Crippen LogP contribution in [0.25, 0.3) is 0 Å². The van der Waals surface area contributed by atoms with Crippen LogP contribution in [0.3, 0.4) is 0 Å². The highest BCUT2D eigenvalue weighted by molar-refractivity contribution is 7.05. The monoisotopic (exact) mass is 248 g/mol. The van der Waals surface area contributed by atoms with E-state index in [4.69, 9.17) is 0 Å². The zero-order valence-electron chi connectivity index (χ0n) is 10.1. The summed E-state index contributed by atoms with van der Waals surface area (Å²) >= 11 is 1.29. The van der Waals surface area contributed by atoms with Crippen molar-refractivity contribution < 1.29 is 5.11 Å². The molecule has 2 rings (SSSR count). The van der Waals surface area contributed by atoms with Crippen molar-refractivity contribution in [3.63, 3.8) is 0 Å². The van der Waals surface area contributed by atoms with Crippen molar-refractivity contribution in [1.29, 1.82) is 0 Å². The molecule has 0 aliphatic rings. The van der Waals surface area contributed by atoms with Crippen LogP contribution in [0, 0.1) is 6.92 Å². The van der Waals surface area contributed by atoms with Crippen LogP contribution in [0.4, 0.5) is 0 Å². The Bertz CT molecular complexity index is 478. The molecule has 0 radical (unpaired) electrons. The number of aliphatic hydroxyl groups excluding tert-OH is 1. The van der Waals surface area contributed by atoms with Gasteiger partial charge in [-0.3, -0.25) is 0 Å². The number of hydrogen-bond donors (Lipinski definition) is 1. The number of aryl methyl sites for hydroxylation is 2. The summed E-state index contributed by atoms with van der Waals surface area (Å²) in [5, 5.41) is 14.2. The average molecular weight is 248 g/mol. The van der Waals surface area contributed by atoms with Crippen molar-refractivity contribution in [3.05, 3.63) is 46.0 Å². The minimum absolute atomic E-state index is 0.493. The van der Waals surface area contributed by atoms with E-state index in [1.165, 1.54) is 17.1 Å². The maximum absolute atomic E-state index is 10.2. The first-order valence-electron chi connectivity index (χ1n) is 5.75. The third kappa shape index (κ3) is 2.90. The second-order valence-corrected chi connectivity index (χ2v) is 4.93. The standard InChI is InChI=1S/C13H16N2OS/c1-3-11-13(17-15-14-11)12(16)8-10-6-4-9(2)5-7-10/h4-7,12,16H,3,8H2,1-2H3. The molecule has 0 amide bonds. The smallest absolute Gasteiger partial charge is 0.0957 e. The van der Waals surface area contributed by atoms with Gasteiger partial charge >= 0.3 is 0 Å². The third-order valence-electron chi connectivity index (χ3n) is 2.77. The first-order chi connectivity index (χ1) is 8.20. The Labute approximate surface area is 105 Å². The molecule has 3 nitrogen and oxygen atoms in total. The average Bonchev–Trinajstić information content (AvgIpc) is 2.80. The molecule has 2 aromatic rings. The molecule has 90 valence electrons. The number of benzene rings is 1. The zero-order valence-corrected chi connectivity index (χ0v) is 10.9. The summed E-state index contributed by atoms with van der Waals surface area (Å²) in [7, 11) is 0. The fourth-order valence-corrected chi connectivity index (χ4v) is 2.48. The lowest BCUT2D eigenvalue weighted by Crippen LogP contribution is -2.02. The van der Waals surface area contributed by atoms with Crippen LogP contribution in [0.1, 0.15) is 34.7 Å². The van der Waals surface area contributed by atoms with Crippen LogP contribution in [-0.2, 0) is 12.8 Å². The molecule has 0 bridgehead atoms. The number of aliphatic hydroxyl groups is 1. The van der Waals surface area contributed by atoms with Gasteiger partial charge in [-0.25, -0.2) is 0 Å². The van der Waals surface area contributed by atoms with E-state index in [1.807, 2.05) is 6.92 Å². The second-order valence-electron chi connectivity index (χ2n) is 4.14. The molecule has 0 aliphatic carbocycles. The molecule has 1 aromatic carbocycles. The predicted octanol–water partition coefficient (Wildman–Crippen LogP) is 2.69. The van der Waals surface area contributed by atoms with Crippen molar-refractivity contribution in [2.45, 2.75) is 32.8 Å². The Balaban J connectivity index is 2.11. The quantitative estimate of drug-likeness (QED) is 0.905. The Morgan fingerprint density at radius 2 is 2.00 bits per heavy atom. The van der Waals surface area contributed by atoms with Crippen LogP contribution >= 0.6 is 11.5 Å². The summed E-state index contributed by atoms with van der Waals surface area (Å²) in [6, 6.07) is 8.23. The first-order valence-corrected chi connectivity index (χ1v) is 6.52. The number of rotatable bonds is 4. The van der Waals surface area contributed by atoms with Gasteiger partial charge in [0.2, 0.25) is 0 Å². The highest BCUT2D eigenvalue weighted by atomic mass is 32.1. The van der Waals surface area contributed by atoms with E-state index in [2.05, 4.69) is 40.8 Å². The normalized spacial score (nSPS) is 12.6. The zero-order chi connectivity index (χ0) is 12.3. The van der Waals surface area contributed by atoms with Gasteiger partial charge in [0.15, 0.2) is 0 Å². The number of aromatic nitrogens is 2. The lowest BCUT2D eigenvalue weighted by molar-refractivity contribution is 0.181. The van der Waals surface area contributed by atoms with Crippen molar-refractivity contribution in [2.24, 2.45) is 0 Å². The Morgan fingerprint density at radius 1 is 1.29 bits per heavy atom. The van der Waals surface area contributed by atoms with Crippen molar-refractivity contribution >= 4 is 11.5 Å². The van der Waals surface area contributed by atoms with E-state index in [-0.39, 0.29) is 0 Å². The van der Waals surface area contributed by atoms with E-state index in [0.29, 0.717) is 6.42 Å². The summed E-state index contributed by atoms with van der Waals surface area (Å²) in [5.41, 5.74) is 3.28. The Hall–Kier alpha value is -1.26. The minimum Gasteiger partial charge on any atom is -0.387 e. The highest BCUT2D eigenvalue weighted by Gasteiger charge is 2.16. The summed E-state index contributed by atoms with van der Waals surface area (Å²) in [6.07, 6.45) is 0.946. The van der Waals surface area contributed by atoms with Gasteiger partial charge in [0.1, 0.15) is 0 Å². The van der Waals surface area contributed by atoms with Crippen LogP contribution < -0.4 is 0 Å². The molecule has 17 heavy (non-hydrogen) atoms. The predicted molar refractivity (Wildman–Crippen MR) is 69.1 cm³/mol. The molecular weight excluding hydrogens is 232 g/mol. The van der Waals surface area contributed by atoms with Crippen LogP contribution in [-0.4, -0.2) is 14.7 Å². The molecule has 1 N–H and O–H groups in total. The maximum Gasteiger partial charge on any atom is 0.0957 e. The van der Waals surface area contributed by atoms with E-state index in [9.17, 15) is 5.11 Å². The van der Waals surface area contributed by atoms with Crippen molar-refractivity contribution in [3.8, 4) is 0 Å². The molecule has 1 heterocycles. The minimum atomic E-state index is -0.493. The van der Waals surface area contributed by atoms with Gasteiger partial charge in [-0.15, -0.1) is 5.10 Å². The Kier molecular flexibility index (Phi) is 3.86. The maximum atomic E-state index is 10.2. The molecule has 4 heteroatoms. The van der Waals surface area contributed by atoms with Gasteiger partial charge in [0.05, 0.1) is 16.7 Å². The molecular formula is C13H16N2OS. The molecule has 1 aromatic heterocycles. The van der Waals surface area contributed by atoms with Crippen LogP contribution in [0.2, 0.25) is 0 Å². The Morgan fingerprint density at radius 3 is 2.65 bits per heavy atom. The van der Waals surface area contributed by atoms with E-state index < -0.39 is 6.10 Å². The van der Waals surface area contributed by atoms with E-state index in [1.54, 1.807) is 0 Å². The van der Waals surface area contributed by atoms with Crippen molar-refractivity contribution in [1.82, 2.24) is 9.59 Å². The third-order valence-corrected chi connectivity index (χ3v) is 3.64. The second kappa shape index (κ2) is 5.38. The molecule has 1 unspecified atom stereocenters. The topological polar surface area (TPSA) is 46.0 Å². The van der Waals surface area contributed by atoms with Gasteiger partial charge in [-0.05, 0) is 30.4 Å². The largest absolute Gasteiger partial charge is 0.387 e. The van der Waals surface area contributed by atoms with Gasteiger partial charge < -0.3 is 5.11 Å². The number of hydrogen-bond acceptors (Lipinski definition) is 4. The lowest BCUT2D eigenvalue weighted by atomic mass is 10.0. The fourth-order valence-electron chi connectivity index (χ4n) is 1.75. The summed E-state index contributed by atoms with van der Waals surface area (Å²) in [4.78, 5) is 0.896. The number of nitrogens with zero attached hydrogens (tertiary/aromatic N) is 2. The molecule has 0 fully saturated rings. The van der Waals surface area contributed by atoms with Crippen LogP contribution in [0.15, 0.2) is 24.3 Å². The molecule has 1 atom stereocenters. The molecule has 0 spiro atoms. The molecule has 0 aliphatic heterocycles. The SMILES string of the molecule is CCc1nnsc1C(O)Cc1ccc(C)cc1. The van der Waals surface area contributed by atoms with E-state index >= 15 is 0 Å². The summed E-state index contributed by atoms with van der Waals surface area (Å²) < 4.78 is 3.90. The van der Waals surface area contributed by atoms with Gasteiger partial charge in [-0.2, -0.15) is 0 Å². The summed E-state index contributed by atoms with van der Waals surface area (Å²) in [5.74, 6) is 0. The van der Waals surface area contributed by atoms with Gasteiger partial charge in [0, 0.05) is 6.42 Å². The fraction of sp³-hybridized carbons (Fsp3) is 0.385. The van der Waals surface area contributed by atoms with Crippen LogP contribution in [0.5, 0.6) is 0 Å². The first kappa shape index (κ1) is 12.2. The highest BCUT2D eigenvalue weighted by Crippen LogP contribution is 2.24. The lowest BCUT2D eigenvalue weighted by Gasteiger charge is -2.09. The molecule has 0 saturated heterocycles. The molecule has 0 saturated carbocycles. The summed E-state index contributed by atoms with van der Waals surface area (Å²) in [6.45, 7) is 4.08. The van der Waals surface area contributed by atoms with E-state index in [0.717, 1.165) is 22.6 Å².